The van der Waals surface area contributed by atoms with Gasteiger partial charge in [-0.25, -0.2) is 0 Å². The summed E-state index contributed by atoms with van der Waals surface area (Å²) in [4.78, 5) is 0. The van der Waals surface area contributed by atoms with Gasteiger partial charge in [-0.05, 0) is 43.7 Å². The Bertz CT molecular complexity index is 339. The molecule has 2 nitrogen and oxygen atoms in total. The largest absolute Gasteiger partial charge is 0.490 e. The van der Waals surface area contributed by atoms with Crippen molar-refractivity contribution >= 4 is 21.6 Å². The summed E-state index contributed by atoms with van der Waals surface area (Å²) in [5.41, 5.74) is 6.52. The second kappa shape index (κ2) is 5.09. The van der Waals surface area contributed by atoms with Gasteiger partial charge in [0.25, 0.3) is 0 Å². The molecule has 0 aromatic heterocycles. The van der Waals surface area contributed by atoms with Crippen molar-refractivity contribution < 1.29 is 4.74 Å². The Hall–Kier alpha value is -0.700. The highest BCUT2D eigenvalue weighted by Gasteiger charge is 2.19. The van der Waals surface area contributed by atoms with Crippen LogP contribution in [-0.2, 0) is 0 Å². The molecule has 16 heavy (non-hydrogen) atoms. The number of halogens is 1. The molecule has 1 saturated carbocycles. The molecule has 1 fully saturated rings. The van der Waals surface area contributed by atoms with Crippen molar-refractivity contribution in [2.75, 3.05) is 5.73 Å². The summed E-state index contributed by atoms with van der Waals surface area (Å²) in [6.45, 7) is 2.31. The summed E-state index contributed by atoms with van der Waals surface area (Å²) in [5.74, 6) is 1.74. The van der Waals surface area contributed by atoms with Crippen molar-refractivity contribution in [2.24, 2.45) is 5.92 Å². The SMILES string of the molecule is CC1CCC(Oc2cc(N)cc(Br)c2)CC1. The Morgan fingerprint density at radius 2 is 1.88 bits per heavy atom. The van der Waals surface area contributed by atoms with Crippen LogP contribution in [0.3, 0.4) is 0 Å². The van der Waals surface area contributed by atoms with Gasteiger partial charge in [0.1, 0.15) is 5.75 Å². The zero-order valence-electron chi connectivity index (χ0n) is 9.58. The summed E-state index contributed by atoms with van der Waals surface area (Å²) in [6, 6.07) is 5.76. The van der Waals surface area contributed by atoms with Crippen LogP contribution in [-0.4, -0.2) is 6.10 Å². The molecule has 0 spiro atoms. The van der Waals surface area contributed by atoms with E-state index in [9.17, 15) is 0 Å². The highest BCUT2D eigenvalue weighted by molar-refractivity contribution is 9.10. The van der Waals surface area contributed by atoms with E-state index in [0.29, 0.717) is 6.10 Å². The molecule has 1 aromatic carbocycles. The molecule has 0 atom stereocenters. The van der Waals surface area contributed by atoms with E-state index in [4.69, 9.17) is 10.5 Å². The molecule has 0 unspecified atom stereocenters. The zero-order chi connectivity index (χ0) is 11.5. The van der Waals surface area contributed by atoms with Crippen molar-refractivity contribution in [3.8, 4) is 5.75 Å². The van der Waals surface area contributed by atoms with Gasteiger partial charge in [-0.2, -0.15) is 0 Å². The molecular formula is C13H18BrNO. The molecule has 0 aliphatic heterocycles. The van der Waals surface area contributed by atoms with Gasteiger partial charge in [-0.15, -0.1) is 0 Å². The number of nitrogen functional groups attached to an aromatic ring is 1. The minimum Gasteiger partial charge on any atom is -0.490 e. The van der Waals surface area contributed by atoms with Crippen LogP contribution in [0.4, 0.5) is 5.69 Å². The lowest BCUT2D eigenvalue weighted by molar-refractivity contribution is 0.135. The van der Waals surface area contributed by atoms with E-state index in [1.165, 1.54) is 12.8 Å². The zero-order valence-corrected chi connectivity index (χ0v) is 11.2. The molecule has 3 heteroatoms. The number of benzene rings is 1. The maximum absolute atomic E-state index is 5.96. The van der Waals surface area contributed by atoms with Crippen LogP contribution in [0, 0.1) is 5.92 Å². The molecule has 2 rings (SSSR count). The highest BCUT2D eigenvalue weighted by Crippen LogP contribution is 2.29. The molecule has 1 aliphatic rings. The number of hydrogen-bond acceptors (Lipinski definition) is 2. The van der Waals surface area contributed by atoms with Gasteiger partial charge < -0.3 is 10.5 Å². The predicted octanol–water partition coefficient (Wildman–Crippen LogP) is 3.99. The summed E-state index contributed by atoms with van der Waals surface area (Å²) in [5, 5.41) is 0. The van der Waals surface area contributed by atoms with Gasteiger partial charge in [0.2, 0.25) is 0 Å². The smallest absolute Gasteiger partial charge is 0.122 e. The van der Waals surface area contributed by atoms with E-state index >= 15 is 0 Å². The molecule has 0 saturated heterocycles. The van der Waals surface area contributed by atoms with Crippen molar-refractivity contribution in [2.45, 2.75) is 38.7 Å². The number of anilines is 1. The molecule has 1 aliphatic carbocycles. The normalized spacial score (nSPS) is 25.4. The second-order valence-electron chi connectivity index (χ2n) is 4.72. The fraction of sp³-hybridized carbons (Fsp3) is 0.538. The van der Waals surface area contributed by atoms with Gasteiger partial charge in [0.05, 0.1) is 6.10 Å². The maximum atomic E-state index is 5.96. The molecular weight excluding hydrogens is 266 g/mol. The predicted molar refractivity (Wildman–Crippen MR) is 70.6 cm³/mol. The molecule has 2 N–H and O–H groups in total. The van der Waals surface area contributed by atoms with Crippen LogP contribution in [0.2, 0.25) is 0 Å². The van der Waals surface area contributed by atoms with Crippen LogP contribution in [0.5, 0.6) is 5.75 Å². The Balaban J connectivity index is 1.98. The third kappa shape index (κ3) is 3.14. The highest BCUT2D eigenvalue weighted by atomic mass is 79.9. The van der Waals surface area contributed by atoms with Gasteiger partial charge in [-0.1, -0.05) is 22.9 Å². The summed E-state index contributed by atoms with van der Waals surface area (Å²) in [7, 11) is 0. The first-order chi connectivity index (χ1) is 7.63. The van der Waals surface area contributed by atoms with E-state index in [1.54, 1.807) is 0 Å². The average molecular weight is 284 g/mol. The molecule has 88 valence electrons. The van der Waals surface area contributed by atoms with Gasteiger partial charge in [-0.3, -0.25) is 0 Å². The van der Waals surface area contributed by atoms with Crippen LogP contribution in [0.15, 0.2) is 22.7 Å². The number of hydrogen-bond donors (Lipinski definition) is 1. The second-order valence-corrected chi connectivity index (χ2v) is 5.64. The summed E-state index contributed by atoms with van der Waals surface area (Å²) >= 11 is 3.43. The van der Waals surface area contributed by atoms with E-state index in [-0.39, 0.29) is 0 Å². The number of rotatable bonds is 2. The summed E-state index contributed by atoms with van der Waals surface area (Å²) in [6.07, 6.45) is 5.23. The summed E-state index contributed by atoms with van der Waals surface area (Å²) < 4.78 is 6.93. The number of ether oxygens (including phenoxy) is 1. The monoisotopic (exact) mass is 283 g/mol. The first-order valence-electron chi connectivity index (χ1n) is 5.86. The van der Waals surface area contributed by atoms with Gasteiger partial charge in [0, 0.05) is 16.2 Å². The lowest BCUT2D eigenvalue weighted by Crippen LogP contribution is -2.23. The topological polar surface area (TPSA) is 35.2 Å². The van der Waals surface area contributed by atoms with E-state index < -0.39 is 0 Å². The van der Waals surface area contributed by atoms with Crippen LogP contribution in [0.1, 0.15) is 32.6 Å². The third-order valence-corrected chi connectivity index (χ3v) is 3.62. The van der Waals surface area contributed by atoms with Crippen molar-refractivity contribution in [3.05, 3.63) is 22.7 Å². The van der Waals surface area contributed by atoms with Crippen LogP contribution >= 0.6 is 15.9 Å². The van der Waals surface area contributed by atoms with E-state index in [2.05, 4.69) is 22.9 Å². The van der Waals surface area contributed by atoms with Crippen LogP contribution < -0.4 is 10.5 Å². The maximum Gasteiger partial charge on any atom is 0.122 e. The Morgan fingerprint density at radius 3 is 2.50 bits per heavy atom. The molecule has 0 radical (unpaired) electrons. The quantitative estimate of drug-likeness (QED) is 0.833. The van der Waals surface area contributed by atoms with Crippen molar-refractivity contribution in [1.29, 1.82) is 0 Å². The minimum atomic E-state index is 0.366. The lowest BCUT2D eigenvalue weighted by atomic mass is 9.89. The van der Waals surface area contributed by atoms with E-state index in [0.717, 1.165) is 34.7 Å². The Labute approximate surface area is 105 Å². The first kappa shape index (κ1) is 11.8. The van der Waals surface area contributed by atoms with Gasteiger partial charge in [0.15, 0.2) is 0 Å². The lowest BCUT2D eigenvalue weighted by Gasteiger charge is -2.27. The van der Waals surface area contributed by atoms with Crippen molar-refractivity contribution in [1.82, 2.24) is 0 Å². The Kier molecular flexibility index (Phi) is 3.74. The number of nitrogens with two attached hydrogens (primary N) is 1. The first-order valence-corrected chi connectivity index (χ1v) is 6.65. The van der Waals surface area contributed by atoms with Crippen molar-refractivity contribution in [3.63, 3.8) is 0 Å². The van der Waals surface area contributed by atoms with Gasteiger partial charge >= 0.3 is 0 Å². The molecule has 0 heterocycles. The molecule has 0 bridgehead atoms. The van der Waals surface area contributed by atoms with E-state index in [1.807, 2.05) is 18.2 Å². The standard InChI is InChI=1S/C13H18BrNO/c1-9-2-4-12(5-3-9)16-13-7-10(14)6-11(15)8-13/h6-9,12H,2-5,15H2,1H3. The molecule has 0 amide bonds. The minimum absolute atomic E-state index is 0.366. The third-order valence-electron chi connectivity index (χ3n) is 3.16. The molecule has 1 aromatic rings. The fourth-order valence-corrected chi connectivity index (χ4v) is 2.68. The Morgan fingerprint density at radius 1 is 1.19 bits per heavy atom. The van der Waals surface area contributed by atoms with Crippen LogP contribution in [0.25, 0.3) is 0 Å². The fourth-order valence-electron chi connectivity index (χ4n) is 2.19. The average Bonchev–Trinajstić information content (AvgIpc) is 2.20.